The molecule has 0 saturated heterocycles. The second-order valence-corrected chi connectivity index (χ2v) is 6.56. The van der Waals surface area contributed by atoms with Crippen molar-refractivity contribution < 1.29 is 4.79 Å². The predicted molar refractivity (Wildman–Crippen MR) is 101 cm³/mol. The molecule has 0 fully saturated rings. The molecule has 0 radical (unpaired) electrons. The van der Waals surface area contributed by atoms with Gasteiger partial charge < -0.3 is 10.2 Å². The van der Waals surface area contributed by atoms with Crippen LogP contribution in [0, 0.1) is 0 Å². The van der Waals surface area contributed by atoms with Crippen molar-refractivity contribution in [2.75, 3.05) is 18.9 Å². The van der Waals surface area contributed by atoms with Crippen molar-refractivity contribution in [1.82, 2.24) is 15.1 Å². The summed E-state index contributed by atoms with van der Waals surface area (Å²) in [6.07, 6.45) is 7.58. The van der Waals surface area contributed by atoms with Crippen LogP contribution in [0.4, 0.5) is 5.69 Å². The molecule has 0 aliphatic heterocycles. The van der Waals surface area contributed by atoms with Crippen LogP contribution in [-0.2, 0) is 19.4 Å². The number of hydrogen-bond acceptors (Lipinski definition) is 3. The molecule has 0 bridgehead atoms. The van der Waals surface area contributed by atoms with Gasteiger partial charge in [0.25, 0.3) is 5.91 Å². The Morgan fingerprint density at radius 3 is 2.96 bits per heavy atom. The molecule has 1 aromatic heterocycles. The Labute approximate surface area is 149 Å². The highest BCUT2D eigenvalue weighted by molar-refractivity contribution is 5.99. The number of hydrogen-bond donors (Lipinski definition) is 2. The molecular formula is C20H26N4O. The summed E-state index contributed by atoms with van der Waals surface area (Å²) in [4.78, 5) is 14.7. The van der Waals surface area contributed by atoms with Gasteiger partial charge in [-0.15, -0.1) is 6.58 Å². The minimum Gasteiger partial charge on any atom is -0.381 e. The molecule has 3 rings (SSSR count). The SMILES string of the molecule is C=CCNc1ccccc1C(=O)N(C)Cc1n[nH]c2c1CCCCC2. The van der Waals surface area contributed by atoms with E-state index in [9.17, 15) is 4.79 Å². The van der Waals surface area contributed by atoms with E-state index in [-0.39, 0.29) is 5.91 Å². The van der Waals surface area contributed by atoms with Crippen LogP contribution in [-0.4, -0.2) is 34.6 Å². The van der Waals surface area contributed by atoms with Gasteiger partial charge in [-0.05, 0) is 43.4 Å². The number of anilines is 1. The lowest BCUT2D eigenvalue weighted by atomic mass is 10.1. The molecule has 1 aliphatic carbocycles. The number of para-hydroxylation sites is 1. The highest BCUT2D eigenvalue weighted by Crippen LogP contribution is 2.23. The Morgan fingerprint density at radius 2 is 2.12 bits per heavy atom. The zero-order chi connectivity index (χ0) is 17.6. The molecule has 1 aromatic carbocycles. The molecule has 0 unspecified atom stereocenters. The summed E-state index contributed by atoms with van der Waals surface area (Å²) in [5.41, 5.74) is 5.08. The van der Waals surface area contributed by atoms with Crippen LogP contribution in [0.1, 0.15) is 46.6 Å². The molecule has 1 heterocycles. The van der Waals surface area contributed by atoms with Gasteiger partial charge in [-0.25, -0.2) is 0 Å². The molecule has 25 heavy (non-hydrogen) atoms. The first-order valence-electron chi connectivity index (χ1n) is 8.95. The Kier molecular flexibility index (Phi) is 5.53. The van der Waals surface area contributed by atoms with Gasteiger partial charge in [-0.1, -0.05) is 24.6 Å². The first kappa shape index (κ1) is 17.3. The first-order chi connectivity index (χ1) is 12.2. The number of H-pyrrole nitrogens is 1. The topological polar surface area (TPSA) is 61.0 Å². The summed E-state index contributed by atoms with van der Waals surface area (Å²) >= 11 is 0. The van der Waals surface area contributed by atoms with E-state index in [1.807, 2.05) is 31.3 Å². The van der Waals surface area contributed by atoms with E-state index in [2.05, 4.69) is 22.1 Å². The highest BCUT2D eigenvalue weighted by atomic mass is 16.2. The summed E-state index contributed by atoms with van der Waals surface area (Å²) in [6, 6.07) is 7.59. The molecule has 1 aliphatic rings. The Hall–Kier alpha value is -2.56. The zero-order valence-electron chi connectivity index (χ0n) is 14.8. The predicted octanol–water partition coefficient (Wildman–Crippen LogP) is 3.55. The van der Waals surface area contributed by atoms with E-state index < -0.39 is 0 Å². The average Bonchev–Trinajstić information content (AvgIpc) is 2.86. The third-order valence-electron chi connectivity index (χ3n) is 4.72. The number of aromatic nitrogens is 2. The van der Waals surface area contributed by atoms with E-state index in [1.165, 1.54) is 30.5 Å². The molecular weight excluding hydrogens is 312 g/mol. The molecule has 0 spiro atoms. The van der Waals surface area contributed by atoms with Crippen LogP contribution in [0.15, 0.2) is 36.9 Å². The number of amides is 1. The van der Waals surface area contributed by atoms with Crippen LogP contribution in [0.5, 0.6) is 0 Å². The zero-order valence-corrected chi connectivity index (χ0v) is 14.8. The van der Waals surface area contributed by atoms with Gasteiger partial charge in [0.15, 0.2) is 0 Å². The summed E-state index contributed by atoms with van der Waals surface area (Å²) in [6.45, 7) is 4.87. The smallest absolute Gasteiger partial charge is 0.256 e. The van der Waals surface area contributed by atoms with Crippen LogP contribution < -0.4 is 5.32 Å². The van der Waals surface area contributed by atoms with Gasteiger partial charge in [-0.2, -0.15) is 5.10 Å². The maximum absolute atomic E-state index is 12.9. The van der Waals surface area contributed by atoms with Crippen molar-refractivity contribution in [1.29, 1.82) is 0 Å². The minimum absolute atomic E-state index is 0.00228. The van der Waals surface area contributed by atoms with Crippen LogP contribution in [0.3, 0.4) is 0 Å². The number of aromatic amines is 1. The third-order valence-corrected chi connectivity index (χ3v) is 4.72. The van der Waals surface area contributed by atoms with E-state index in [0.29, 0.717) is 18.7 Å². The molecule has 1 amide bonds. The fourth-order valence-corrected chi connectivity index (χ4v) is 3.37. The van der Waals surface area contributed by atoms with Crippen molar-refractivity contribution in [2.45, 2.75) is 38.6 Å². The summed E-state index contributed by atoms with van der Waals surface area (Å²) in [7, 11) is 1.84. The third kappa shape index (κ3) is 3.92. The Bertz CT molecular complexity index is 750. The fraction of sp³-hybridized carbons (Fsp3) is 0.400. The number of rotatable bonds is 6. The van der Waals surface area contributed by atoms with E-state index in [4.69, 9.17) is 0 Å². The van der Waals surface area contributed by atoms with Crippen molar-refractivity contribution in [3.05, 3.63) is 59.4 Å². The van der Waals surface area contributed by atoms with Gasteiger partial charge in [0.05, 0.1) is 17.8 Å². The quantitative estimate of drug-likeness (QED) is 0.625. The number of nitrogens with one attached hydrogen (secondary N) is 2. The molecule has 2 N–H and O–H groups in total. The van der Waals surface area contributed by atoms with Gasteiger partial charge in [0, 0.05) is 25.0 Å². The maximum Gasteiger partial charge on any atom is 0.256 e. The molecule has 5 nitrogen and oxygen atoms in total. The molecule has 0 atom stereocenters. The molecule has 2 aromatic rings. The average molecular weight is 338 g/mol. The number of fused-ring (bicyclic) bond motifs is 1. The monoisotopic (exact) mass is 338 g/mol. The number of carbonyl (C=O) groups excluding carboxylic acids is 1. The lowest BCUT2D eigenvalue weighted by molar-refractivity contribution is 0.0784. The van der Waals surface area contributed by atoms with Crippen molar-refractivity contribution in [2.24, 2.45) is 0 Å². The van der Waals surface area contributed by atoms with Gasteiger partial charge >= 0.3 is 0 Å². The normalized spacial score (nSPS) is 13.6. The number of carbonyl (C=O) groups is 1. The van der Waals surface area contributed by atoms with E-state index >= 15 is 0 Å². The van der Waals surface area contributed by atoms with Crippen LogP contribution >= 0.6 is 0 Å². The largest absolute Gasteiger partial charge is 0.381 e. The lowest BCUT2D eigenvalue weighted by Crippen LogP contribution is -2.27. The first-order valence-corrected chi connectivity index (χ1v) is 8.95. The van der Waals surface area contributed by atoms with Crippen LogP contribution in [0.25, 0.3) is 0 Å². The molecule has 5 heteroatoms. The maximum atomic E-state index is 12.9. The highest BCUT2D eigenvalue weighted by Gasteiger charge is 2.20. The van der Waals surface area contributed by atoms with Gasteiger partial charge in [0.2, 0.25) is 0 Å². The van der Waals surface area contributed by atoms with Crippen molar-refractivity contribution in [3.8, 4) is 0 Å². The fourth-order valence-electron chi connectivity index (χ4n) is 3.37. The number of aryl methyl sites for hydroxylation is 1. The summed E-state index contributed by atoms with van der Waals surface area (Å²) < 4.78 is 0. The van der Waals surface area contributed by atoms with Crippen molar-refractivity contribution >= 4 is 11.6 Å². The van der Waals surface area contributed by atoms with E-state index in [0.717, 1.165) is 24.2 Å². The molecule has 0 saturated carbocycles. The second-order valence-electron chi connectivity index (χ2n) is 6.56. The Morgan fingerprint density at radius 1 is 1.32 bits per heavy atom. The Balaban J connectivity index is 1.76. The second kappa shape index (κ2) is 8.01. The van der Waals surface area contributed by atoms with Gasteiger partial charge in [0.1, 0.15) is 0 Å². The number of nitrogens with zero attached hydrogens (tertiary/aromatic N) is 2. The standard InChI is InChI=1S/C20H26N4O/c1-3-13-21-17-11-8-7-10-16(17)20(25)24(2)14-19-15-9-5-4-6-12-18(15)22-23-19/h3,7-8,10-11,21H,1,4-6,9,12-14H2,2H3,(H,22,23). The minimum atomic E-state index is -0.00228. The number of benzene rings is 1. The van der Waals surface area contributed by atoms with Crippen molar-refractivity contribution in [3.63, 3.8) is 0 Å². The van der Waals surface area contributed by atoms with E-state index in [1.54, 1.807) is 11.0 Å². The summed E-state index contributed by atoms with van der Waals surface area (Å²) in [5.74, 6) is -0.00228. The lowest BCUT2D eigenvalue weighted by Gasteiger charge is -2.19. The summed E-state index contributed by atoms with van der Waals surface area (Å²) in [5, 5.41) is 10.9. The molecule has 132 valence electrons. The van der Waals surface area contributed by atoms with Gasteiger partial charge in [-0.3, -0.25) is 9.89 Å². The van der Waals surface area contributed by atoms with Crippen LogP contribution in [0.2, 0.25) is 0 Å².